The first-order valence-electron chi connectivity index (χ1n) is 5.76. The topological polar surface area (TPSA) is 42.0 Å². The second-order valence-electron chi connectivity index (χ2n) is 4.06. The van der Waals surface area contributed by atoms with Gasteiger partial charge in [0.25, 0.3) is 5.91 Å². The molecule has 1 N–H and O–H groups in total. The molecule has 0 aliphatic rings. The summed E-state index contributed by atoms with van der Waals surface area (Å²) in [7, 11) is 0. The Morgan fingerprint density at radius 1 is 1.16 bits per heavy atom. The van der Waals surface area contributed by atoms with Crippen LogP contribution >= 0.6 is 23.2 Å². The molecule has 98 valence electrons. The molecule has 1 heterocycles. The minimum atomic E-state index is -0.282. The summed E-state index contributed by atoms with van der Waals surface area (Å²) in [6.45, 7) is 1.86. The number of carbonyl (C=O) groups is 1. The van der Waals surface area contributed by atoms with Crippen molar-refractivity contribution in [3.8, 4) is 0 Å². The number of rotatable bonds is 3. The third-order valence-corrected chi connectivity index (χ3v) is 3.22. The van der Waals surface area contributed by atoms with Crippen molar-refractivity contribution in [2.75, 3.05) is 0 Å². The fourth-order valence-corrected chi connectivity index (χ4v) is 2.17. The number of aromatic nitrogens is 1. The van der Waals surface area contributed by atoms with Crippen LogP contribution in [0.15, 0.2) is 42.5 Å². The first kappa shape index (κ1) is 13.8. The fraction of sp³-hybridized carbons (Fsp3) is 0.143. The fourth-order valence-electron chi connectivity index (χ4n) is 1.71. The molecular weight excluding hydrogens is 283 g/mol. The smallest absolute Gasteiger partial charge is 0.270 e. The van der Waals surface area contributed by atoms with Crippen LogP contribution in [-0.2, 0) is 0 Å². The van der Waals surface area contributed by atoms with Gasteiger partial charge >= 0.3 is 0 Å². The molecule has 0 radical (unpaired) electrons. The van der Waals surface area contributed by atoms with Crippen LogP contribution in [-0.4, -0.2) is 10.9 Å². The summed E-state index contributed by atoms with van der Waals surface area (Å²) in [5.74, 6) is -0.282. The molecule has 0 aliphatic carbocycles. The summed E-state index contributed by atoms with van der Waals surface area (Å²) >= 11 is 11.8. The summed E-state index contributed by atoms with van der Waals surface area (Å²) in [4.78, 5) is 16.0. The van der Waals surface area contributed by atoms with Crippen LogP contribution in [0.1, 0.15) is 29.0 Å². The Labute approximate surface area is 121 Å². The number of pyridine rings is 1. The number of halogens is 2. The molecule has 0 spiro atoms. The Kier molecular flexibility index (Phi) is 4.40. The van der Waals surface area contributed by atoms with Gasteiger partial charge in [0.05, 0.1) is 6.04 Å². The first-order chi connectivity index (χ1) is 9.08. The third-order valence-electron chi connectivity index (χ3n) is 2.67. The Bertz CT molecular complexity index is 602. The molecule has 0 saturated heterocycles. The lowest BCUT2D eigenvalue weighted by Gasteiger charge is -2.15. The Morgan fingerprint density at radius 2 is 1.89 bits per heavy atom. The summed E-state index contributed by atoms with van der Waals surface area (Å²) in [5.41, 5.74) is 1.14. The normalized spacial score (nSPS) is 11.9. The van der Waals surface area contributed by atoms with Gasteiger partial charge in [-0.05, 0) is 30.7 Å². The molecule has 5 heteroatoms. The van der Waals surface area contributed by atoms with Gasteiger partial charge < -0.3 is 5.32 Å². The highest BCUT2D eigenvalue weighted by Gasteiger charge is 2.14. The minimum absolute atomic E-state index is 0.206. The summed E-state index contributed by atoms with van der Waals surface area (Å²) in [6.07, 6.45) is 0. The lowest BCUT2D eigenvalue weighted by atomic mass is 10.1. The van der Waals surface area contributed by atoms with Crippen molar-refractivity contribution in [2.24, 2.45) is 0 Å². The maximum absolute atomic E-state index is 12.0. The van der Waals surface area contributed by atoms with Crippen LogP contribution < -0.4 is 5.32 Å². The molecule has 0 saturated carbocycles. The van der Waals surface area contributed by atoms with E-state index in [2.05, 4.69) is 10.3 Å². The van der Waals surface area contributed by atoms with E-state index in [-0.39, 0.29) is 22.8 Å². The van der Waals surface area contributed by atoms with Crippen LogP contribution in [0.5, 0.6) is 0 Å². The van der Waals surface area contributed by atoms with Crippen LogP contribution in [0.2, 0.25) is 10.2 Å². The van der Waals surface area contributed by atoms with E-state index in [1.165, 1.54) is 0 Å². The van der Waals surface area contributed by atoms with Gasteiger partial charge in [-0.1, -0.05) is 47.5 Å². The number of hydrogen-bond donors (Lipinski definition) is 1. The second-order valence-corrected chi connectivity index (χ2v) is 4.86. The Morgan fingerprint density at radius 3 is 2.58 bits per heavy atom. The highest BCUT2D eigenvalue weighted by atomic mass is 35.5. The van der Waals surface area contributed by atoms with Gasteiger partial charge in [0, 0.05) is 5.02 Å². The van der Waals surface area contributed by atoms with Crippen molar-refractivity contribution < 1.29 is 4.79 Å². The first-order valence-corrected chi connectivity index (χ1v) is 6.51. The zero-order chi connectivity index (χ0) is 13.8. The SMILES string of the molecule is CC(NC(=O)c1cccc(Cl)n1)c1ccccc1Cl. The number of carbonyl (C=O) groups excluding carboxylic acids is 1. The van der Waals surface area contributed by atoms with Gasteiger partial charge in [0.2, 0.25) is 0 Å². The summed E-state index contributed by atoms with van der Waals surface area (Å²) in [6, 6.07) is 12.1. The number of hydrogen-bond acceptors (Lipinski definition) is 2. The molecule has 3 nitrogen and oxygen atoms in total. The molecule has 1 amide bonds. The zero-order valence-electron chi connectivity index (χ0n) is 10.2. The van der Waals surface area contributed by atoms with E-state index in [9.17, 15) is 4.79 Å². The molecule has 19 heavy (non-hydrogen) atoms. The Hall–Kier alpha value is -1.58. The molecule has 1 unspecified atom stereocenters. The van der Waals surface area contributed by atoms with Crippen molar-refractivity contribution in [2.45, 2.75) is 13.0 Å². The highest BCUT2D eigenvalue weighted by Crippen LogP contribution is 2.22. The molecule has 2 aromatic rings. The maximum atomic E-state index is 12.0. The molecular formula is C14H12Cl2N2O. The van der Waals surface area contributed by atoms with Crippen molar-refractivity contribution >= 4 is 29.1 Å². The predicted molar refractivity (Wildman–Crippen MR) is 76.6 cm³/mol. The predicted octanol–water partition coefficient (Wildman–Crippen LogP) is 3.88. The quantitative estimate of drug-likeness (QED) is 0.873. The van der Waals surface area contributed by atoms with Gasteiger partial charge in [0.1, 0.15) is 10.8 Å². The molecule has 1 aromatic heterocycles. The number of amides is 1. The molecule has 2 rings (SSSR count). The van der Waals surface area contributed by atoms with Gasteiger partial charge in [-0.25, -0.2) is 4.98 Å². The molecule has 0 bridgehead atoms. The number of nitrogens with zero attached hydrogens (tertiary/aromatic N) is 1. The monoisotopic (exact) mass is 294 g/mol. The highest BCUT2D eigenvalue weighted by molar-refractivity contribution is 6.31. The van der Waals surface area contributed by atoms with Gasteiger partial charge in [-0.2, -0.15) is 0 Å². The van der Waals surface area contributed by atoms with E-state index >= 15 is 0 Å². The standard InChI is InChI=1S/C14H12Cl2N2O/c1-9(10-5-2-3-6-11(10)15)17-14(19)12-7-4-8-13(16)18-12/h2-9H,1H3,(H,17,19). The number of nitrogens with one attached hydrogen (secondary N) is 1. The van der Waals surface area contributed by atoms with Crippen molar-refractivity contribution in [3.05, 3.63) is 63.9 Å². The van der Waals surface area contributed by atoms with Crippen LogP contribution in [0.3, 0.4) is 0 Å². The molecule has 1 aromatic carbocycles. The average Bonchev–Trinajstić information content (AvgIpc) is 2.39. The third kappa shape index (κ3) is 3.46. The van der Waals surface area contributed by atoms with E-state index in [0.717, 1.165) is 5.56 Å². The van der Waals surface area contributed by atoms with Gasteiger partial charge in [-0.15, -0.1) is 0 Å². The summed E-state index contributed by atoms with van der Waals surface area (Å²) in [5, 5.41) is 3.75. The molecule has 0 fully saturated rings. The largest absolute Gasteiger partial charge is 0.344 e. The van der Waals surface area contributed by atoms with Gasteiger partial charge in [-0.3, -0.25) is 4.79 Å². The Balaban J connectivity index is 2.13. The lowest BCUT2D eigenvalue weighted by molar-refractivity contribution is 0.0935. The zero-order valence-corrected chi connectivity index (χ0v) is 11.7. The van der Waals surface area contributed by atoms with Crippen LogP contribution in [0.25, 0.3) is 0 Å². The summed E-state index contributed by atoms with van der Waals surface area (Å²) < 4.78 is 0. The van der Waals surface area contributed by atoms with E-state index in [4.69, 9.17) is 23.2 Å². The lowest BCUT2D eigenvalue weighted by Crippen LogP contribution is -2.27. The van der Waals surface area contributed by atoms with E-state index in [1.54, 1.807) is 24.3 Å². The van der Waals surface area contributed by atoms with Crippen molar-refractivity contribution in [1.29, 1.82) is 0 Å². The van der Waals surface area contributed by atoms with Crippen molar-refractivity contribution in [1.82, 2.24) is 10.3 Å². The van der Waals surface area contributed by atoms with Crippen molar-refractivity contribution in [3.63, 3.8) is 0 Å². The van der Waals surface area contributed by atoms with E-state index < -0.39 is 0 Å². The molecule has 0 aliphatic heterocycles. The second kappa shape index (κ2) is 6.04. The van der Waals surface area contributed by atoms with Gasteiger partial charge in [0.15, 0.2) is 0 Å². The minimum Gasteiger partial charge on any atom is -0.344 e. The van der Waals surface area contributed by atoms with Crippen LogP contribution in [0.4, 0.5) is 0 Å². The number of benzene rings is 1. The molecule has 1 atom stereocenters. The average molecular weight is 295 g/mol. The van der Waals surface area contributed by atoms with E-state index in [0.29, 0.717) is 5.02 Å². The maximum Gasteiger partial charge on any atom is 0.270 e. The van der Waals surface area contributed by atoms with E-state index in [1.807, 2.05) is 25.1 Å². The van der Waals surface area contributed by atoms with Crippen LogP contribution in [0, 0.1) is 0 Å².